The van der Waals surface area contributed by atoms with E-state index in [4.69, 9.17) is 4.74 Å². The zero-order valence-corrected chi connectivity index (χ0v) is 12.8. The predicted octanol–water partition coefficient (Wildman–Crippen LogP) is 1.82. The van der Waals surface area contributed by atoms with Gasteiger partial charge in [-0.1, -0.05) is 13.8 Å². The number of nitrogens with one attached hydrogen (secondary N) is 1. The fourth-order valence-corrected chi connectivity index (χ4v) is 2.34. The van der Waals surface area contributed by atoms with Gasteiger partial charge in [-0.3, -0.25) is 9.59 Å². The lowest BCUT2D eigenvalue weighted by Gasteiger charge is -2.17. The first-order chi connectivity index (χ1) is 10.0. The monoisotopic (exact) mass is 290 g/mol. The highest BCUT2D eigenvalue weighted by Crippen LogP contribution is 2.26. The van der Waals surface area contributed by atoms with Crippen LogP contribution in [0.2, 0.25) is 0 Å². The van der Waals surface area contributed by atoms with E-state index in [0.29, 0.717) is 19.0 Å². The molecule has 0 aliphatic carbocycles. The molecule has 0 aromatic heterocycles. The number of hydrogen-bond donors (Lipinski definition) is 1. The molecule has 1 fully saturated rings. The molecule has 5 nitrogen and oxygen atoms in total. The SMILES string of the molecule is COc1ccc(N2C[C@H](C(=O)NCC(C)C)CC2=O)cc1. The van der Waals surface area contributed by atoms with Crippen LogP contribution in [0, 0.1) is 11.8 Å². The Balaban J connectivity index is 2.00. The van der Waals surface area contributed by atoms with Crippen LogP contribution < -0.4 is 15.0 Å². The Labute approximate surface area is 125 Å². The zero-order valence-electron chi connectivity index (χ0n) is 12.8. The Morgan fingerprint density at radius 2 is 2.05 bits per heavy atom. The maximum atomic E-state index is 12.1. The molecule has 1 heterocycles. The molecule has 1 aliphatic rings. The minimum Gasteiger partial charge on any atom is -0.497 e. The maximum Gasteiger partial charge on any atom is 0.227 e. The molecule has 1 saturated heterocycles. The van der Waals surface area contributed by atoms with E-state index >= 15 is 0 Å². The van der Waals surface area contributed by atoms with Crippen molar-refractivity contribution in [2.75, 3.05) is 25.1 Å². The maximum absolute atomic E-state index is 12.1. The first-order valence-corrected chi connectivity index (χ1v) is 7.23. The van der Waals surface area contributed by atoms with Gasteiger partial charge in [0, 0.05) is 25.2 Å². The van der Waals surface area contributed by atoms with Gasteiger partial charge in [0.1, 0.15) is 5.75 Å². The number of benzene rings is 1. The zero-order chi connectivity index (χ0) is 15.4. The molecule has 2 amide bonds. The largest absolute Gasteiger partial charge is 0.497 e. The van der Waals surface area contributed by atoms with E-state index in [2.05, 4.69) is 5.32 Å². The summed E-state index contributed by atoms with van der Waals surface area (Å²) < 4.78 is 5.10. The lowest BCUT2D eigenvalue weighted by molar-refractivity contribution is -0.126. The van der Waals surface area contributed by atoms with Crippen molar-refractivity contribution in [3.8, 4) is 5.75 Å². The van der Waals surface area contributed by atoms with E-state index in [1.165, 1.54) is 0 Å². The van der Waals surface area contributed by atoms with Crippen molar-refractivity contribution in [1.29, 1.82) is 0 Å². The molecular formula is C16H22N2O3. The Morgan fingerprint density at radius 3 is 2.62 bits per heavy atom. The number of rotatable bonds is 5. The first-order valence-electron chi connectivity index (χ1n) is 7.23. The molecule has 2 rings (SSSR count). The molecule has 0 bridgehead atoms. The molecule has 5 heteroatoms. The molecule has 1 aromatic rings. The molecule has 0 radical (unpaired) electrons. The number of ether oxygens (including phenoxy) is 1. The van der Waals surface area contributed by atoms with Crippen molar-refractivity contribution >= 4 is 17.5 Å². The smallest absolute Gasteiger partial charge is 0.227 e. The molecule has 1 aromatic carbocycles. The predicted molar refractivity (Wildman–Crippen MR) is 81.3 cm³/mol. The van der Waals surface area contributed by atoms with Gasteiger partial charge in [-0.15, -0.1) is 0 Å². The summed E-state index contributed by atoms with van der Waals surface area (Å²) in [5.41, 5.74) is 0.806. The van der Waals surface area contributed by atoms with Gasteiger partial charge in [0.2, 0.25) is 11.8 Å². The van der Waals surface area contributed by atoms with Crippen molar-refractivity contribution in [2.24, 2.45) is 11.8 Å². The van der Waals surface area contributed by atoms with Crippen molar-refractivity contribution in [3.63, 3.8) is 0 Å². The van der Waals surface area contributed by atoms with Crippen LogP contribution in [0.15, 0.2) is 24.3 Å². The van der Waals surface area contributed by atoms with Crippen LogP contribution in [0.4, 0.5) is 5.69 Å². The Morgan fingerprint density at radius 1 is 1.38 bits per heavy atom. The molecule has 1 aliphatic heterocycles. The Kier molecular flexibility index (Phi) is 4.83. The van der Waals surface area contributed by atoms with Gasteiger partial charge in [-0.05, 0) is 30.2 Å². The van der Waals surface area contributed by atoms with Crippen LogP contribution in [-0.4, -0.2) is 32.0 Å². The summed E-state index contributed by atoms with van der Waals surface area (Å²) in [6.07, 6.45) is 0.274. The van der Waals surface area contributed by atoms with Crippen LogP contribution in [0.25, 0.3) is 0 Å². The van der Waals surface area contributed by atoms with E-state index in [1.807, 2.05) is 38.1 Å². The number of nitrogens with zero attached hydrogens (tertiary/aromatic N) is 1. The molecule has 0 unspecified atom stereocenters. The minimum absolute atomic E-state index is 0.00939. The van der Waals surface area contributed by atoms with Crippen molar-refractivity contribution in [3.05, 3.63) is 24.3 Å². The molecular weight excluding hydrogens is 268 g/mol. The highest BCUT2D eigenvalue weighted by molar-refractivity contribution is 6.00. The summed E-state index contributed by atoms with van der Waals surface area (Å²) in [6, 6.07) is 7.31. The highest BCUT2D eigenvalue weighted by atomic mass is 16.5. The number of anilines is 1. The normalized spacial score (nSPS) is 18.2. The summed E-state index contributed by atoms with van der Waals surface area (Å²) in [7, 11) is 1.60. The number of carbonyl (C=O) groups is 2. The van der Waals surface area contributed by atoms with Gasteiger partial charge in [0.05, 0.1) is 13.0 Å². The van der Waals surface area contributed by atoms with E-state index in [0.717, 1.165) is 11.4 Å². The van der Waals surface area contributed by atoms with Gasteiger partial charge < -0.3 is 15.0 Å². The summed E-state index contributed by atoms with van der Waals surface area (Å²) >= 11 is 0. The second-order valence-corrected chi connectivity index (χ2v) is 5.74. The third kappa shape index (κ3) is 3.74. The molecule has 21 heavy (non-hydrogen) atoms. The van der Waals surface area contributed by atoms with Crippen LogP contribution in [-0.2, 0) is 9.59 Å². The molecule has 0 saturated carbocycles. The average Bonchev–Trinajstić information content (AvgIpc) is 2.87. The second-order valence-electron chi connectivity index (χ2n) is 5.74. The van der Waals surface area contributed by atoms with Gasteiger partial charge in [0.25, 0.3) is 0 Å². The molecule has 1 N–H and O–H groups in total. The van der Waals surface area contributed by atoms with Crippen LogP contribution in [0.3, 0.4) is 0 Å². The van der Waals surface area contributed by atoms with Crippen LogP contribution in [0.1, 0.15) is 20.3 Å². The summed E-state index contributed by atoms with van der Waals surface area (Å²) in [4.78, 5) is 25.8. The quantitative estimate of drug-likeness (QED) is 0.900. The Bertz CT molecular complexity index is 511. The average molecular weight is 290 g/mol. The van der Waals surface area contributed by atoms with E-state index in [-0.39, 0.29) is 24.2 Å². The van der Waals surface area contributed by atoms with Crippen molar-refractivity contribution < 1.29 is 14.3 Å². The summed E-state index contributed by atoms with van der Waals surface area (Å²) in [6.45, 7) is 5.18. The Hall–Kier alpha value is -2.04. The van der Waals surface area contributed by atoms with Gasteiger partial charge in [-0.25, -0.2) is 0 Å². The fourth-order valence-electron chi connectivity index (χ4n) is 2.34. The highest BCUT2D eigenvalue weighted by Gasteiger charge is 2.34. The number of hydrogen-bond acceptors (Lipinski definition) is 3. The molecule has 0 spiro atoms. The van der Waals surface area contributed by atoms with Gasteiger partial charge in [-0.2, -0.15) is 0 Å². The van der Waals surface area contributed by atoms with Crippen LogP contribution >= 0.6 is 0 Å². The summed E-state index contributed by atoms with van der Waals surface area (Å²) in [5.74, 6) is 0.844. The lowest BCUT2D eigenvalue weighted by Crippen LogP contribution is -2.34. The van der Waals surface area contributed by atoms with E-state index in [9.17, 15) is 9.59 Å². The fraction of sp³-hybridized carbons (Fsp3) is 0.500. The van der Waals surface area contributed by atoms with E-state index < -0.39 is 0 Å². The topological polar surface area (TPSA) is 58.6 Å². The number of amides is 2. The number of methoxy groups -OCH3 is 1. The van der Waals surface area contributed by atoms with Gasteiger partial charge in [0.15, 0.2) is 0 Å². The third-order valence-electron chi connectivity index (χ3n) is 3.56. The minimum atomic E-state index is -0.265. The summed E-state index contributed by atoms with van der Waals surface area (Å²) in [5, 5.41) is 2.90. The number of carbonyl (C=O) groups excluding carboxylic acids is 2. The standard InChI is InChI=1S/C16H22N2O3/c1-11(2)9-17-16(20)12-8-15(19)18(10-12)13-4-6-14(21-3)7-5-13/h4-7,11-12H,8-10H2,1-3H3,(H,17,20)/t12-/m1/s1. The third-order valence-corrected chi connectivity index (χ3v) is 3.56. The van der Waals surface area contributed by atoms with E-state index in [1.54, 1.807) is 12.0 Å². The first kappa shape index (κ1) is 15.4. The molecule has 114 valence electrons. The van der Waals surface area contributed by atoms with Crippen molar-refractivity contribution in [1.82, 2.24) is 5.32 Å². The lowest BCUT2D eigenvalue weighted by atomic mass is 10.1. The van der Waals surface area contributed by atoms with Crippen LogP contribution in [0.5, 0.6) is 5.75 Å². The van der Waals surface area contributed by atoms with Crippen molar-refractivity contribution in [2.45, 2.75) is 20.3 Å². The van der Waals surface area contributed by atoms with Gasteiger partial charge >= 0.3 is 0 Å². The molecule has 1 atom stereocenters. The second kappa shape index (κ2) is 6.61.